The Kier molecular flexibility index (Phi) is 3.03. The minimum absolute atomic E-state index is 0.517. The fourth-order valence-corrected chi connectivity index (χ4v) is 2.56. The lowest BCUT2D eigenvalue weighted by molar-refractivity contribution is 0.858. The van der Waals surface area contributed by atoms with E-state index in [0.717, 1.165) is 18.1 Å². The van der Waals surface area contributed by atoms with E-state index >= 15 is 0 Å². The molecule has 2 heterocycles. The third-order valence-corrected chi connectivity index (χ3v) is 3.32. The van der Waals surface area contributed by atoms with Crippen LogP contribution < -0.4 is 5.32 Å². The molecular formula is C8H10ClN3S. The molecule has 1 fully saturated rings. The molecule has 0 radical (unpaired) electrons. The summed E-state index contributed by atoms with van der Waals surface area (Å²) in [6.45, 7) is 2.17. The molecule has 0 unspecified atom stereocenters. The summed E-state index contributed by atoms with van der Waals surface area (Å²) < 4.78 is 0. The monoisotopic (exact) mass is 215 g/mol. The van der Waals surface area contributed by atoms with Gasteiger partial charge in [-0.05, 0) is 13.0 Å². The Morgan fingerprint density at radius 2 is 2.46 bits per heavy atom. The topological polar surface area (TPSA) is 37.8 Å². The highest BCUT2D eigenvalue weighted by Gasteiger charge is 2.16. The summed E-state index contributed by atoms with van der Waals surface area (Å²) in [6, 6.07) is 1.81. The first-order chi connectivity index (χ1) is 6.34. The molecule has 5 heteroatoms. The quantitative estimate of drug-likeness (QED) is 0.761. The number of halogens is 1. The molecule has 1 aromatic heterocycles. The number of rotatable bonds is 2. The lowest BCUT2D eigenvalue weighted by atomic mass is 10.4. The van der Waals surface area contributed by atoms with Crippen LogP contribution in [-0.2, 0) is 0 Å². The second-order valence-corrected chi connectivity index (χ2v) is 4.62. The van der Waals surface area contributed by atoms with Crippen LogP contribution in [0.3, 0.4) is 0 Å². The van der Waals surface area contributed by atoms with Crippen molar-refractivity contribution < 1.29 is 0 Å². The number of hydrogen-bond acceptors (Lipinski definition) is 4. The average molecular weight is 216 g/mol. The second-order valence-electron chi connectivity index (χ2n) is 2.91. The summed E-state index contributed by atoms with van der Waals surface area (Å²) in [5.41, 5.74) is 0. The van der Waals surface area contributed by atoms with Gasteiger partial charge in [0.25, 0.3) is 0 Å². The minimum atomic E-state index is 0.517. The molecule has 13 heavy (non-hydrogen) atoms. The molecule has 1 N–H and O–H groups in total. The van der Waals surface area contributed by atoms with Gasteiger partial charge in [0.15, 0.2) is 0 Å². The maximum atomic E-state index is 5.75. The van der Waals surface area contributed by atoms with Gasteiger partial charge in [-0.1, -0.05) is 11.6 Å². The molecule has 0 amide bonds. The minimum Gasteiger partial charge on any atom is -0.316 e. The fraction of sp³-hybridized carbons (Fsp3) is 0.500. The molecular weight excluding hydrogens is 206 g/mol. The smallest absolute Gasteiger partial charge is 0.133 e. The van der Waals surface area contributed by atoms with E-state index in [1.165, 1.54) is 12.7 Å². The molecule has 3 nitrogen and oxygen atoms in total. The van der Waals surface area contributed by atoms with E-state index in [1.54, 1.807) is 11.8 Å². The summed E-state index contributed by atoms with van der Waals surface area (Å²) in [7, 11) is 0. The van der Waals surface area contributed by atoms with Crippen LogP contribution in [0.2, 0.25) is 5.15 Å². The first-order valence-corrected chi connectivity index (χ1v) is 5.45. The molecule has 70 valence electrons. The molecule has 2 rings (SSSR count). The SMILES string of the molecule is Clc1cc(S[C@H]2CCNC2)ncn1. The number of thioether (sulfide) groups is 1. The third-order valence-electron chi connectivity index (χ3n) is 1.91. The lowest BCUT2D eigenvalue weighted by Gasteiger charge is -2.05. The van der Waals surface area contributed by atoms with Gasteiger partial charge < -0.3 is 5.32 Å². The maximum Gasteiger partial charge on any atom is 0.133 e. The van der Waals surface area contributed by atoms with E-state index in [9.17, 15) is 0 Å². The number of aromatic nitrogens is 2. The van der Waals surface area contributed by atoms with Gasteiger partial charge in [-0.15, -0.1) is 11.8 Å². The van der Waals surface area contributed by atoms with Gasteiger partial charge in [-0.25, -0.2) is 9.97 Å². The maximum absolute atomic E-state index is 5.75. The van der Waals surface area contributed by atoms with Crippen molar-refractivity contribution in [3.05, 3.63) is 17.5 Å². The van der Waals surface area contributed by atoms with Crippen LogP contribution in [0, 0.1) is 0 Å². The molecule has 0 spiro atoms. The zero-order valence-electron chi connectivity index (χ0n) is 7.03. The Balaban J connectivity index is 2.00. The van der Waals surface area contributed by atoms with Gasteiger partial charge in [0.2, 0.25) is 0 Å². The Labute approximate surface area is 86.3 Å². The average Bonchev–Trinajstić information content (AvgIpc) is 2.57. The van der Waals surface area contributed by atoms with Crippen molar-refractivity contribution in [3.8, 4) is 0 Å². The van der Waals surface area contributed by atoms with Crippen molar-refractivity contribution in [1.29, 1.82) is 0 Å². The van der Waals surface area contributed by atoms with Gasteiger partial charge >= 0.3 is 0 Å². The standard InChI is InChI=1S/C8H10ClN3S/c9-7-3-8(12-5-11-7)13-6-1-2-10-4-6/h3,5-6,10H,1-2,4H2/t6-/m0/s1. The molecule has 1 aliphatic rings. The summed E-state index contributed by atoms with van der Waals surface area (Å²) in [5.74, 6) is 0. The molecule has 0 bridgehead atoms. The largest absolute Gasteiger partial charge is 0.316 e. The first-order valence-electron chi connectivity index (χ1n) is 4.19. The lowest BCUT2D eigenvalue weighted by Crippen LogP contribution is -2.10. The third kappa shape index (κ3) is 2.56. The van der Waals surface area contributed by atoms with Gasteiger partial charge in [-0.2, -0.15) is 0 Å². The predicted molar refractivity (Wildman–Crippen MR) is 54.2 cm³/mol. The van der Waals surface area contributed by atoms with Gasteiger partial charge in [-0.3, -0.25) is 0 Å². The van der Waals surface area contributed by atoms with Crippen LogP contribution in [0.25, 0.3) is 0 Å². The van der Waals surface area contributed by atoms with E-state index in [0.29, 0.717) is 10.4 Å². The van der Waals surface area contributed by atoms with E-state index in [2.05, 4.69) is 15.3 Å². The molecule has 1 aromatic rings. The van der Waals surface area contributed by atoms with Crippen molar-refractivity contribution in [3.63, 3.8) is 0 Å². The molecule has 0 saturated carbocycles. The number of nitrogens with zero attached hydrogens (tertiary/aromatic N) is 2. The van der Waals surface area contributed by atoms with Crippen LogP contribution in [0.1, 0.15) is 6.42 Å². The molecule has 0 aliphatic carbocycles. The van der Waals surface area contributed by atoms with Crippen molar-refractivity contribution in [2.75, 3.05) is 13.1 Å². The molecule has 1 saturated heterocycles. The van der Waals surface area contributed by atoms with E-state index in [4.69, 9.17) is 11.6 Å². The molecule has 1 aliphatic heterocycles. The van der Waals surface area contributed by atoms with E-state index in [1.807, 2.05) is 6.07 Å². The second kappa shape index (κ2) is 4.26. The number of nitrogens with one attached hydrogen (secondary N) is 1. The highest BCUT2D eigenvalue weighted by atomic mass is 35.5. The van der Waals surface area contributed by atoms with Gasteiger partial charge in [0, 0.05) is 17.9 Å². The Hall–Kier alpha value is -0.320. The summed E-state index contributed by atoms with van der Waals surface area (Å²) in [5, 5.41) is 5.42. The Morgan fingerprint density at radius 1 is 1.54 bits per heavy atom. The van der Waals surface area contributed by atoms with Crippen molar-refractivity contribution >= 4 is 23.4 Å². The first kappa shape index (κ1) is 9.24. The highest BCUT2D eigenvalue weighted by molar-refractivity contribution is 7.99. The molecule has 1 atom stereocenters. The van der Waals surface area contributed by atoms with E-state index in [-0.39, 0.29) is 0 Å². The summed E-state index contributed by atoms with van der Waals surface area (Å²) in [6.07, 6.45) is 2.71. The summed E-state index contributed by atoms with van der Waals surface area (Å²) >= 11 is 7.52. The molecule has 0 aromatic carbocycles. The Bertz CT molecular complexity index is 288. The highest BCUT2D eigenvalue weighted by Crippen LogP contribution is 2.25. The van der Waals surface area contributed by atoms with Crippen molar-refractivity contribution in [2.24, 2.45) is 0 Å². The predicted octanol–water partition coefficient (Wildman–Crippen LogP) is 1.58. The zero-order valence-corrected chi connectivity index (χ0v) is 8.61. The zero-order chi connectivity index (χ0) is 9.10. The van der Waals surface area contributed by atoms with Crippen LogP contribution in [0.5, 0.6) is 0 Å². The van der Waals surface area contributed by atoms with Gasteiger partial charge in [0.05, 0.1) is 0 Å². The van der Waals surface area contributed by atoms with Crippen LogP contribution >= 0.6 is 23.4 Å². The van der Waals surface area contributed by atoms with Crippen LogP contribution in [0.15, 0.2) is 17.4 Å². The normalized spacial score (nSPS) is 22.1. The Morgan fingerprint density at radius 3 is 3.15 bits per heavy atom. The van der Waals surface area contributed by atoms with Gasteiger partial charge in [0.1, 0.15) is 16.5 Å². The van der Waals surface area contributed by atoms with Crippen LogP contribution in [0.4, 0.5) is 0 Å². The van der Waals surface area contributed by atoms with Crippen molar-refractivity contribution in [2.45, 2.75) is 16.7 Å². The summed E-state index contributed by atoms with van der Waals surface area (Å²) in [4.78, 5) is 7.98. The van der Waals surface area contributed by atoms with Crippen LogP contribution in [-0.4, -0.2) is 28.3 Å². The fourth-order valence-electron chi connectivity index (χ4n) is 1.28. The number of hydrogen-bond donors (Lipinski definition) is 1. The van der Waals surface area contributed by atoms with E-state index < -0.39 is 0 Å². The van der Waals surface area contributed by atoms with Crippen molar-refractivity contribution in [1.82, 2.24) is 15.3 Å².